The number of carbonyl (C=O) groups excluding carboxylic acids is 1. The molecule has 3 unspecified atom stereocenters. The number of likely N-dealkylation sites (N-methyl/N-ethyl adjacent to an activating group) is 1. The van der Waals surface area contributed by atoms with Crippen molar-refractivity contribution in [2.24, 2.45) is 0 Å². The molecule has 0 fully saturated rings. The van der Waals surface area contributed by atoms with Crippen LogP contribution in [0.25, 0.3) is 0 Å². The number of rotatable bonds is 55. The molecule has 0 bridgehead atoms. The highest BCUT2D eigenvalue weighted by Gasteiger charge is 2.23. The molecule has 0 saturated carbocycles. The summed E-state index contributed by atoms with van der Waals surface area (Å²) in [6.45, 7) is 4.66. The van der Waals surface area contributed by atoms with Crippen molar-refractivity contribution >= 4 is 13.7 Å². The van der Waals surface area contributed by atoms with Gasteiger partial charge in [0.2, 0.25) is 5.91 Å². The average molecular weight is 994 g/mol. The molecule has 0 aliphatic rings. The molecule has 0 aliphatic carbocycles. The molecule has 9 heteroatoms. The van der Waals surface area contributed by atoms with Crippen LogP contribution in [0.3, 0.4) is 0 Å². The average Bonchev–Trinajstić information content (AvgIpc) is 3.31. The summed E-state index contributed by atoms with van der Waals surface area (Å²) in [4.78, 5) is 25.5. The number of aliphatic hydroxyl groups is 1. The Kier molecular flexibility index (Phi) is 50.7. The van der Waals surface area contributed by atoms with E-state index in [1.54, 1.807) is 6.08 Å². The molecule has 0 aliphatic heterocycles. The molecule has 0 aromatic carbocycles. The molecule has 0 radical (unpaired) electrons. The van der Waals surface area contributed by atoms with Gasteiger partial charge in [-0.15, -0.1) is 0 Å². The number of nitrogens with zero attached hydrogens (tertiary/aromatic N) is 1. The third kappa shape index (κ3) is 54.3. The lowest BCUT2D eigenvalue weighted by molar-refractivity contribution is -0.870. The summed E-state index contributed by atoms with van der Waals surface area (Å²) in [6, 6.07) is -0.902. The van der Waals surface area contributed by atoms with Gasteiger partial charge in [0.15, 0.2) is 0 Å². The Balaban J connectivity index is 4.18. The smallest absolute Gasteiger partial charge is 0.268 e. The first-order valence-electron chi connectivity index (χ1n) is 29.9. The maximum absolute atomic E-state index is 13.0. The summed E-state index contributed by atoms with van der Waals surface area (Å²) in [5.74, 6) is -0.203. The summed E-state index contributed by atoms with van der Waals surface area (Å²) in [7, 11) is 1.25. The van der Waals surface area contributed by atoms with Gasteiger partial charge in [-0.1, -0.05) is 262 Å². The molecule has 69 heavy (non-hydrogen) atoms. The second-order valence-corrected chi connectivity index (χ2v) is 23.1. The van der Waals surface area contributed by atoms with E-state index in [0.717, 1.165) is 38.5 Å². The lowest BCUT2D eigenvalue weighted by atomic mass is 10.0. The van der Waals surface area contributed by atoms with Crippen LogP contribution in [0.4, 0.5) is 0 Å². The Hall–Kier alpha value is -1.28. The van der Waals surface area contributed by atoms with Crippen molar-refractivity contribution in [3.8, 4) is 0 Å². The fourth-order valence-electron chi connectivity index (χ4n) is 8.87. The molecular weight excluding hydrogens is 876 g/mol. The van der Waals surface area contributed by atoms with Gasteiger partial charge < -0.3 is 28.8 Å². The number of aliphatic hydroxyl groups excluding tert-OH is 1. The lowest BCUT2D eigenvalue weighted by Gasteiger charge is -2.29. The van der Waals surface area contributed by atoms with Crippen LogP contribution >= 0.6 is 7.82 Å². The molecule has 0 aromatic heterocycles. The van der Waals surface area contributed by atoms with Gasteiger partial charge in [0.1, 0.15) is 13.2 Å². The summed E-state index contributed by atoms with van der Waals surface area (Å²) in [5, 5.41) is 13.9. The maximum Gasteiger partial charge on any atom is 0.268 e. The Morgan fingerprint density at radius 3 is 1.17 bits per heavy atom. The zero-order chi connectivity index (χ0) is 50.6. The fourth-order valence-corrected chi connectivity index (χ4v) is 9.60. The highest BCUT2D eigenvalue weighted by atomic mass is 31.2. The van der Waals surface area contributed by atoms with Crippen molar-refractivity contribution in [1.29, 1.82) is 0 Å². The zero-order valence-corrected chi connectivity index (χ0v) is 47.4. The number of unbranched alkanes of at least 4 members (excludes halogenated alkanes) is 38. The highest BCUT2D eigenvalue weighted by molar-refractivity contribution is 7.45. The second-order valence-electron chi connectivity index (χ2n) is 21.7. The Labute approximate surface area is 429 Å². The van der Waals surface area contributed by atoms with Gasteiger partial charge in [0, 0.05) is 6.42 Å². The largest absolute Gasteiger partial charge is 0.756 e. The predicted molar refractivity (Wildman–Crippen MR) is 298 cm³/mol. The van der Waals surface area contributed by atoms with E-state index in [2.05, 4.69) is 43.5 Å². The van der Waals surface area contributed by atoms with E-state index in [9.17, 15) is 19.4 Å². The minimum absolute atomic E-state index is 0.00509. The number of amides is 1. The summed E-state index contributed by atoms with van der Waals surface area (Å²) < 4.78 is 23.3. The van der Waals surface area contributed by atoms with Gasteiger partial charge in [-0.2, -0.15) is 0 Å². The van der Waals surface area contributed by atoms with Gasteiger partial charge in [0.25, 0.3) is 7.82 Å². The SMILES string of the molecule is CCCCCCCCCC/C=C\CCCCCCCCCCCCCCCCCC(=O)NC(COP(=O)([O-])OCC[N+](C)(C)C)C(O)/C=C/CC/C=C/CCCCCCCCCCCCCCCC. The Bertz CT molecular complexity index is 1220. The second kappa shape index (κ2) is 51.6. The molecule has 1 amide bonds. The van der Waals surface area contributed by atoms with E-state index in [4.69, 9.17) is 9.05 Å². The van der Waals surface area contributed by atoms with Gasteiger partial charge in [-0.05, 0) is 57.8 Å². The number of allylic oxidation sites excluding steroid dienone is 5. The number of quaternary nitrogens is 1. The first kappa shape index (κ1) is 67.7. The van der Waals surface area contributed by atoms with Crippen LogP contribution in [0.2, 0.25) is 0 Å². The third-order valence-electron chi connectivity index (χ3n) is 13.6. The van der Waals surface area contributed by atoms with Crippen LogP contribution in [0.15, 0.2) is 36.5 Å². The van der Waals surface area contributed by atoms with E-state index in [1.807, 2.05) is 27.2 Å². The van der Waals surface area contributed by atoms with Crippen LogP contribution < -0.4 is 10.2 Å². The van der Waals surface area contributed by atoms with Gasteiger partial charge in [-0.25, -0.2) is 0 Å². The predicted octanol–water partition coefficient (Wildman–Crippen LogP) is 17.5. The first-order chi connectivity index (χ1) is 33.5. The van der Waals surface area contributed by atoms with Crippen LogP contribution in [0.5, 0.6) is 0 Å². The van der Waals surface area contributed by atoms with E-state index in [-0.39, 0.29) is 19.1 Å². The van der Waals surface area contributed by atoms with Crippen LogP contribution in [-0.4, -0.2) is 68.5 Å². The summed E-state index contributed by atoms with van der Waals surface area (Å²) in [6.07, 6.45) is 66.6. The minimum atomic E-state index is -4.60. The molecule has 0 saturated heterocycles. The number of hydrogen-bond acceptors (Lipinski definition) is 6. The number of phosphoric acid groups is 1. The molecule has 408 valence electrons. The van der Waals surface area contributed by atoms with E-state index in [0.29, 0.717) is 17.4 Å². The van der Waals surface area contributed by atoms with Crippen LogP contribution in [0.1, 0.15) is 290 Å². The number of nitrogens with one attached hydrogen (secondary N) is 1. The van der Waals surface area contributed by atoms with E-state index in [1.165, 1.54) is 231 Å². The van der Waals surface area contributed by atoms with Crippen molar-refractivity contribution in [1.82, 2.24) is 5.32 Å². The quantitative estimate of drug-likeness (QED) is 0.0272. The maximum atomic E-state index is 13.0. The Morgan fingerprint density at radius 2 is 0.812 bits per heavy atom. The normalized spacial score (nSPS) is 14.1. The molecule has 0 rings (SSSR count). The van der Waals surface area contributed by atoms with E-state index >= 15 is 0 Å². The monoisotopic (exact) mass is 993 g/mol. The van der Waals surface area contributed by atoms with E-state index < -0.39 is 20.0 Å². The van der Waals surface area contributed by atoms with Gasteiger partial charge >= 0.3 is 0 Å². The van der Waals surface area contributed by atoms with Crippen LogP contribution in [0, 0.1) is 0 Å². The molecule has 0 heterocycles. The topological polar surface area (TPSA) is 108 Å². The van der Waals surface area contributed by atoms with Gasteiger partial charge in [0.05, 0.1) is 39.9 Å². The molecular formula is C60H117N2O6P. The van der Waals surface area contributed by atoms with Crippen molar-refractivity contribution in [2.45, 2.75) is 302 Å². The zero-order valence-electron chi connectivity index (χ0n) is 46.5. The summed E-state index contributed by atoms with van der Waals surface area (Å²) >= 11 is 0. The Morgan fingerprint density at radius 1 is 0.493 bits per heavy atom. The number of phosphoric ester groups is 1. The van der Waals surface area contributed by atoms with Crippen LogP contribution in [-0.2, 0) is 18.4 Å². The third-order valence-corrected chi connectivity index (χ3v) is 14.5. The van der Waals surface area contributed by atoms with Crippen molar-refractivity contribution < 1.29 is 32.9 Å². The minimum Gasteiger partial charge on any atom is -0.756 e. The molecule has 8 nitrogen and oxygen atoms in total. The molecule has 3 atom stereocenters. The summed E-state index contributed by atoms with van der Waals surface area (Å²) in [5.41, 5.74) is 0. The van der Waals surface area contributed by atoms with Crippen molar-refractivity contribution in [3.63, 3.8) is 0 Å². The van der Waals surface area contributed by atoms with Crippen molar-refractivity contribution in [2.75, 3.05) is 40.9 Å². The fraction of sp³-hybridized carbons (Fsp3) is 0.883. The molecule has 2 N–H and O–H groups in total. The van der Waals surface area contributed by atoms with Crippen molar-refractivity contribution in [3.05, 3.63) is 36.5 Å². The molecule has 0 spiro atoms. The lowest BCUT2D eigenvalue weighted by Crippen LogP contribution is -2.45. The highest BCUT2D eigenvalue weighted by Crippen LogP contribution is 2.38. The van der Waals surface area contributed by atoms with Gasteiger partial charge in [-0.3, -0.25) is 9.36 Å². The molecule has 0 aromatic rings. The standard InChI is InChI=1S/C60H117N2O6P/c1-6-8-10-12-14-16-18-20-22-24-26-28-29-30-31-32-33-34-36-38-40-42-44-46-48-50-52-54-60(64)61-58(57-68-69(65,66)67-56-55-62(3,4)5)59(63)53-51-49-47-45-43-41-39-37-35-27-25-23-21-19-17-15-13-11-9-7-2/h24,26,43,45,51,53,58-59,63H,6-23,25,27-42,44,46-50,52,54-57H2,1-5H3,(H-,61,64,65,66)/b26-24-,45-43+,53-51+. The first-order valence-corrected chi connectivity index (χ1v) is 31.3. The number of carbonyl (C=O) groups is 1. The number of hydrogen-bond donors (Lipinski definition) is 2.